The molecule has 0 aliphatic heterocycles. The molecule has 0 unspecified atom stereocenters. The van der Waals surface area contributed by atoms with Crippen molar-refractivity contribution >= 4 is 5.97 Å². The van der Waals surface area contributed by atoms with Crippen LogP contribution in [0, 0.1) is 5.41 Å². The van der Waals surface area contributed by atoms with Crippen LogP contribution in [-0.2, 0) is 9.90 Å². The van der Waals surface area contributed by atoms with E-state index in [0.717, 1.165) is 12.8 Å². The van der Waals surface area contributed by atoms with Crippen molar-refractivity contribution in [1.82, 2.24) is 0 Å². The lowest BCUT2D eigenvalue weighted by Crippen LogP contribution is -2.08. The second-order valence-corrected chi connectivity index (χ2v) is 6.57. The molecule has 2 nitrogen and oxygen atoms in total. The molecule has 1 radical (unpaired) electrons. The van der Waals surface area contributed by atoms with Crippen molar-refractivity contribution in [2.75, 3.05) is 0 Å². The van der Waals surface area contributed by atoms with Crippen molar-refractivity contribution < 1.29 is 9.90 Å². The van der Waals surface area contributed by atoms with Gasteiger partial charge >= 0.3 is 5.97 Å². The Morgan fingerprint density at radius 1 is 0.789 bits per heavy atom. The molecular formula is C17H33O2. The van der Waals surface area contributed by atoms with Gasteiger partial charge in [0, 0.05) is 0 Å². The molecule has 0 spiro atoms. The lowest BCUT2D eigenvalue weighted by molar-refractivity contribution is -0.143. The number of hydrogen-bond donors (Lipinski definition) is 0. The predicted octanol–water partition coefficient (Wildman–Crippen LogP) is 5.67. The van der Waals surface area contributed by atoms with E-state index in [9.17, 15) is 9.90 Å². The average Bonchev–Trinajstić information content (AvgIpc) is 2.35. The summed E-state index contributed by atoms with van der Waals surface area (Å²) in [6.45, 7) is 7.00. The Morgan fingerprint density at radius 2 is 1.21 bits per heavy atom. The van der Waals surface area contributed by atoms with Crippen LogP contribution in [0.5, 0.6) is 0 Å². The van der Waals surface area contributed by atoms with Crippen LogP contribution in [-0.4, -0.2) is 5.97 Å². The number of rotatable bonds is 13. The Labute approximate surface area is 120 Å². The standard InChI is InChI=1S/C17H33O2/c1-4-17(2,3)15-13-11-9-7-5-6-8-10-12-14-16(18)19/h4-15H2,1-3H3. The van der Waals surface area contributed by atoms with Gasteiger partial charge in [-0.3, -0.25) is 0 Å². The zero-order valence-electron chi connectivity index (χ0n) is 13.3. The molecule has 0 bridgehead atoms. The molecule has 0 atom stereocenters. The van der Waals surface area contributed by atoms with Crippen molar-refractivity contribution in [3.8, 4) is 0 Å². The Kier molecular flexibility index (Phi) is 11.0. The topological polar surface area (TPSA) is 37.0 Å². The Hall–Kier alpha value is -0.530. The van der Waals surface area contributed by atoms with E-state index < -0.39 is 5.97 Å². The van der Waals surface area contributed by atoms with E-state index in [-0.39, 0.29) is 6.42 Å². The summed E-state index contributed by atoms with van der Waals surface area (Å²) >= 11 is 0. The van der Waals surface area contributed by atoms with Gasteiger partial charge in [0.1, 0.15) is 0 Å². The van der Waals surface area contributed by atoms with E-state index in [4.69, 9.17) is 0 Å². The molecule has 0 aromatic carbocycles. The molecule has 19 heavy (non-hydrogen) atoms. The fourth-order valence-corrected chi connectivity index (χ4v) is 2.29. The molecule has 0 saturated heterocycles. The van der Waals surface area contributed by atoms with Gasteiger partial charge in [-0.2, -0.15) is 0 Å². The Balaban J connectivity index is 3.13. The molecule has 0 aromatic heterocycles. The third-order valence-corrected chi connectivity index (χ3v) is 4.19. The largest absolute Gasteiger partial charge is 0.355 e. The van der Waals surface area contributed by atoms with Crippen molar-refractivity contribution in [2.24, 2.45) is 5.41 Å². The highest BCUT2D eigenvalue weighted by molar-refractivity contribution is 5.66. The normalized spacial score (nSPS) is 11.7. The molecular weight excluding hydrogens is 236 g/mol. The maximum absolute atomic E-state index is 10.2. The van der Waals surface area contributed by atoms with Gasteiger partial charge < -0.3 is 0 Å². The summed E-state index contributed by atoms with van der Waals surface area (Å²) in [5, 5.41) is 10.2. The quantitative estimate of drug-likeness (QED) is 0.397. The molecule has 0 saturated carbocycles. The van der Waals surface area contributed by atoms with Gasteiger partial charge in [-0.25, -0.2) is 9.90 Å². The highest BCUT2D eigenvalue weighted by Crippen LogP contribution is 2.27. The first-order chi connectivity index (χ1) is 8.98. The summed E-state index contributed by atoms with van der Waals surface area (Å²) < 4.78 is 0. The maximum Gasteiger partial charge on any atom is 0.355 e. The number of unbranched alkanes of at least 4 members (excludes halogenated alkanes) is 8. The van der Waals surface area contributed by atoms with Gasteiger partial charge in [0.15, 0.2) is 0 Å². The van der Waals surface area contributed by atoms with Gasteiger partial charge in [-0.1, -0.05) is 78.6 Å². The van der Waals surface area contributed by atoms with Crippen LogP contribution in [0.15, 0.2) is 0 Å². The first-order valence-electron chi connectivity index (χ1n) is 8.18. The second-order valence-electron chi connectivity index (χ2n) is 6.57. The molecule has 0 heterocycles. The van der Waals surface area contributed by atoms with E-state index in [0.29, 0.717) is 5.41 Å². The van der Waals surface area contributed by atoms with Crippen LogP contribution < -0.4 is 0 Å². The Morgan fingerprint density at radius 3 is 1.63 bits per heavy atom. The van der Waals surface area contributed by atoms with Crippen LogP contribution in [0.1, 0.15) is 97.8 Å². The third kappa shape index (κ3) is 13.7. The van der Waals surface area contributed by atoms with Crippen LogP contribution in [0.4, 0.5) is 0 Å². The fourth-order valence-electron chi connectivity index (χ4n) is 2.29. The van der Waals surface area contributed by atoms with Crippen molar-refractivity contribution in [2.45, 2.75) is 97.8 Å². The zero-order valence-corrected chi connectivity index (χ0v) is 13.3. The molecule has 2 heteroatoms. The van der Waals surface area contributed by atoms with E-state index in [1.165, 1.54) is 57.8 Å². The fraction of sp³-hybridized carbons (Fsp3) is 0.941. The molecule has 0 aromatic rings. The molecule has 0 N–H and O–H groups in total. The molecule has 0 amide bonds. The van der Waals surface area contributed by atoms with E-state index in [2.05, 4.69) is 20.8 Å². The van der Waals surface area contributed by atoms with Crippen molar-refractivity contribution in [1.29, 1.82) is 0 Å². The monoisotopic (exact) mass is 269 g/mol. The van der Waals surface area contributed by atoms with Crippen molar-refractivity contribution in [3.05, 3.63) is 0 Å². The smallest absolute Gasteiger partial charge is 0.247 e. The van der Waals surface area contributed by atoms with Gasteiger partial charge in [0.2, 0.25) is 0 Å². The van der Waals surface area contributed by atoms with E-state index >= 15 is 0 Å². The van der Waals surface area contributed by atoms with Gasteiger partial charge in [-0.15, -0.1) is 0 Å². The summed E-state index contributed by atoms with van der Waals surface area (Å²) in [6.07, 6.45) is 13.9. The summed E-state index contributed by atoms with van der Waals surface area (Å²) in [4.78, 5) is 10.2. The first-order valence-corrected chi connectivity index (χ1v) is 8.18. The highest BCUT2D eigenvalue weighted by Gasteiger charge is 2.13. The molecule has 0 rings (SSSR count). The molecule has 113 valence electrons. The summed E-state index contributed by atoms with van der Waals surface area (Å²) in [5.74, 6) is -0.907. The van der Waals surface area contributed by atoms with E-state index in [1.54, 1.807) is 0 Å². The lowest BCUT2D eigenvalue weighted by Gasteiger charge is -2.22. The predicted molar refractivity (Wildman–Crippen MR) is 80.6 cm³/mol. The summed E-state index contributed by atoms with van der Waals surface area (Å²) in [5.41, 5.74) is 0.527. The number of hydrogen-bond acceptors (Lipinski definition) is 1. The molecule has 0 fully saturated rings. The maximum atomic E-state index is 10.2. The highest BCUT2D eigenvalue weighted by atomic mass is 16.4. The van der Waals surface area contributed by atoms with Gasteiger partial charge in [0.05, 0.1) is 6.42 Å². The minimum atomic E-state index is -0.907. The van der Waals surface area contributed by atoms with Crippen molar-refractivity contribution in [3.63, 3.8) is 0 Å². The van der Waals surface area contributed by atoms with Gasteiger partial charge in [0.25, 0.3) is 0 Å². The van der Waals surface area contributed by atoms with Crippen LogP contribution in [0.2, 0.25) is 0 Å². The second kappa shape index (κ2) is 11.3. The number of carbonyl (C=O) groups excluding carboxylic acids is 1. The third-order valence-electron chi connectivity index (χ3n) is 4.19. The molecule has 0 aliphatic carbocycles. The Bertz CT molecular complexity index is 221. The zero-order chi connectivity index (χ0) is 14.6. The molecule has 0 aliphatic rings. The minimum Gasteiger partial charge on any atom is -0.247 e. The van der Waals surface area contributed by atoms with E-state index in [1.807, 2.05) is 0 Å². The summed E-state index contributed by atoms with van der Waals surface area (Å²) in [6, 6.07) is 0. The van der Waals surface area contributed by atoms with Crippen LogP contribution in [0.25, 0.3) is 0 Å². The average molecular weight is 269 g/mol. The first kappa shape index (κ1) is 18.5. The van der Waals surface area contributed by atoms with Crippen LogP contribution in [0.3, 0.4) is 0 Å². The lowest BCUT2D eigenvalue weighted by atomic mass is 9.84. The number of carbonyl (C=O) groups is 1. The summed E-state index contributed by atoms with van der Waals surface area (Å²) in [7, 11) is 0. The minimum absolute atomic E-state index is 0.229. The van der Waals surface area contributed by atoms with Gasteiger partial charge in [-0.05, 0) is 18.3 Å². The SMILES string of the molecule is CCC(C)(C)CCCCCCCCCCCC([O])=O. The van der Waals surface area contributed by atoms with Crippen LogP contribution >= 0.6 is 0 Å².